The molecule has 2 aromatic rings. The summed E-state index contributed by atoms with van der Waals surface area (Å²) >= 11 is 0. The second kappa shape index (κ2) is 8.83. The van der Waals surface area contributed by atoms with E-state index in [1.165, 1.54) is 0 Å². The van der Waals surface area contributed by atoms with E-state index in [4.69, 9.17) is 15.2 Å². The van der Waals surface area contributed by atoms with E-state index in [0.717, 1.165) is 11.1 Å². The van der Waals surface area contributed by atoms with Gasteiger partial charge in [0.05, 0.1) is 31.9 Å². The maximum Gasteiger partial charge on any atom is 0.257 e. The van der Waals surface area contributed by atoms with Crippen LogP contribution in [0.1, 0.15) is 40.9 Å². The number of benzene rings is 2. The number of hydrogen-bond acceptors (Lipinski definition) is 6. The van der Waals surface area contributed by atoms with E-state index in [2.05, 4.69) is 0 Å². The third kappa shape index (κ3) is 4.12. The Bertz CT molecular complexity index is 902. The summed E-state index contributed by atoms with van der Waals surface area (Å²) in [5.41, 5.74) is 8.65. The number of methoxy groups -OCH3 is 1. The summed E-state index contributed by atoms with van der Waals surface area (Å²) in [6.07, 6.45) is 0.683. The van der Waals surface area contributed by atoms with Gasteiger partial charge in [-0.05, 0) is 42.7 Å². The Morgan fingerprint density at radius 2 is 2.10 bits per heavy atom. The van der Waals surface area contributed by atoms with Crippen molar-refractivity contribution in [1.29, 1.82) is 0 Å². The summed E-state index contributed by atoms with van der Waals surface area (Å²) in [7, 11) is 1.56. The van der Waals surface area contributed by atoms with Crippen LogP contribution in [0.3, 0.4) is 0 Å². The van der Waals surface area contributed by atoms with Crippen LogP contribution in [0, 0.1) is 0 Å². The lowest BCUT2D eigenvalue weighted by molar-refractivity contribution is -0.150. The topological polar surface area (TPSA) is 105 Å². The lowest BCUT2D eigenvalue weighted by atomic mass is 10.0. The SMILES string of the molecule is CCOc1cc(C(CCN(O)C=O)N2Cc3cccc(N)c3C2=O)ccc1OC. The van der Waals surface area contributed by atoms with Gasteiger partial charge in [0.2, 0.25) is 6.41 Å². The van der Waals surface area contributed by atoms with Crippen LogP contribution in [0.4, 0.5) is 5.69 Å². The summed E-state index contributed by atoms with van der Waals surface area (Å²) in [4.78, 5) is 25.7. The molecule has 8 nitrogen and oxygen atoms in total. The molecule has 8 heteroatoms. The average Bonchev–Trinajstić information content (AvgIpc) is 3.06. The minimum Gasteiger partial charge on any atom is -0.493 e. The molecule has 0 bridgehead atoms. The number of anilines is 1. The van der Waals surface area contributed by atoms with Crippen LogP contribution in [0.15, 0.2) is 36.4 Å². The maximum atomic E-state index is 13.1. The van der Waals surface area contributed by atoms with Crippen LogP contribution >= 0.6 is 0 Å². The van der Waals surface area contributed by atoms with Gasteiger partial charge in [0.25, 0.3) is 5.91 Å². The second-order valence-corrected chi connectivity index (χ2v) is 6.73. The van der Waals surface area contributed by atoms with Crippen LogP contribution < -0.4 is 15.2 Å². The van der Waals surface area contributed by atoms with Gasteiger partial charge in [-0.2, -0.15) is 0 Å². The number of fused-ring (bicyclic) bond motifs is 1. The molecule has 0 saturated carbocycles. The first-order chi connectivity index (χ1) is 14.0. The zero-order valence-corrected chi connectivity index (χ0v) is 16.5. The molecule has 0 saturated heterocycles. The van der Waals surface area contributed by atoms with Gasteiger partial charge in [0, 0.05) is 12.2 Å². The molecule has 0 spiro atoms. The van der Waals surface area contributed by atoms with Crippen molar-refractivity contribution in [3.63, 3.8) is 0 Å². The number of rotatable bonds is 9. The molecule has 0 aliphatic carbocycles. The molecule has 29 heavy (non-hydrogen) atoms. The predicted octanol–water partition coefficient (Wildman–Crippen LogP) is 2.61. The Labute approximate surface area is 169 Å². The molecule has 1 aliphatic heterocycles. The molecule has 1 unspecified atom stereocenters. The largest absolute Gasteiger partial charge is 0.493 e. The highest BCUT2D eigenvalue weighted by atomic mass is 16.5. The van der Waals surface area contributed by atoms with Crippen molar-refractivity contribution in [2.45, 2.75) is 25.9 Å². The number of carbonyl (C=O) groups excluding carboxylic acids is 2. The minimum absolute atomic E-state index is 0.0692. The molecule has 2 amide bonds. The van der Waals surface area contributed by atoms with Crippen LogP contribution in [-0.2, 0) is 11.3 Å². The van der Waals surface area contributed by atoms with E-state index >= 15 is 0 Å². The molecule has 3 rings (SSSR count). The standard InChI is InChI=1S/C21H25N3O5/c1-3-29-19-11-14(7-8-18(19)28-2)17(9-10-23(27)13-25)24-12-15-5-4-6-16(22)20(15)21(24)26/h4-8,11,13,17,27H,3,9-10,12,22H2,1-2H3. The monoisotopic (exact) mass is 399 g/mol. The van der Waals surface area contributed by atoms with Gasteiger partial charge in [-0.3, -0.25) is 14.8 Å². The fraction of sp³-hybridized carbons (Fsp3) is 0.333. The third-order valence-electron chi connectivity index (χ3n) is 5.00. The van der Waals surface area contributed by atoms with Crippen LogP contribution in [0.2, 0.25) is 0 Å². The van der Waals surface area contributed by atoms with Crippen molar-refractivity contribution >= 4 is 18.0 Å². The lowest BCUT2D eigenvalue weighted by Gasteiger charge is -2.29. The first kappa shape index (κ1) is 20.5. The highest BCUT2D eigenvalue weighted by Gasteiger charge is 2.35. The Balaban J connectivity index is 1.98. The highest BCUT2D eigenvalue weighted by Crippen LogP contribution is 2.38. The van der Waals surface area contributed by atoms with Gasteiger partial charge in [0.15, 0.2) is 11.5 Å². The van der Waals surface area contributed by atoms with E-state index in [0.29, 0.717) is 53.8 Å². The Morgan fingerprint density at radius 3 is 2.76 bits per heavy atom. The third-order valence-corrected chi connectivity index (χ3v) is 5.00. The first-order valence-corrected chi connectivity index (χ1v) is 9.40. The average molecular weight is 399 g/mol. The first-order valence-electron chi connectivity index (χ1n) is 9.40. The van der Waals surface area contributed by atoms with E-state index in [1.54, 1.807) is 24.1 Å². The summed E-state index contributed by atoms with van der Waals surface area (Å²) in [5.74, 6) is 0.983. The zero-order valence-electron chi connectivity index (χ0n) is 16.5. The number of carbonyl (C=O) groups is 2. The number of amides is 2. The molecular formula is C21H25N3O5. The number of nitrogens with two attached hydrogens (primary N) is 1. The van der Waals surface area contributed by atoms with Gasteiger partial charge in [-0.1, -0.05) is 18.2 Å². The molecule has 154 valence electrons. The number of hydrogen-bond donors (Lipinski definition) is 2. The number of nitrogen functional groups attached to an aromatic ring is 1. The van der Waals surface area contributed by atoms with Crippen molar-refractivity contribution in [2.24, 2.45) is 0 Å². The van der Waals surface area contributed by atoms with E-state index in [-0.39, 0.29) is 12.5 Å². The van der Waals surface area contributed by atoms with Crippen molar-refractivity contribution in [2.75, 3.05) is 26.0 Å². The smallest absolute Gasteiger partial charge is 0.257 e. The fourth-order valence-corrected chi connectivity index (χ4v) is 3.64. The lowest BCUT2D eigenvalue weighted by Crippen LogP contribution is -2.32. The number of ether oxygens (including phenoxy) is 2. The van der Waals surface area contributed by atoms with Crippen molar-refractivity contribution in [3.8, 4) is 11.5 Å². The number of hydroxylamine groups is 2. The summed E-state index contributed by atoms with van der Waals surface area (Å²) in [6, 6.07) is 10.5. The Kier molecular flexibility index (Phi) is 6.23. The molecule has 0 fully saturated rings. The normalized spacial score (nSPS) is 13.8. The van der Waals surface area contributed by atoms with Crippen molar-refractivity contribution < 1.29 is 24.3 Å². The zero-order chi connectivity index (χ0) is 21.0. The Hall–Kier alpha value is -3.26. The molecule has 1 aliphatic rings. The molecule has 0 aromatic heterocycles. The molecule has 1 heterocycles. The maximum absolute atomic E-state index is 13.1. The predicted molar refractivity (Wildman–Crippen MR) is 107 cm³/mol. The van der Waals surface area contributed by atoms with Crippen molar-refractivity contribution in [1.82, 2.24) is 9.96 Å². The second-order valence-electron chi connectivity index (χ2n) is 6.73. The van der Waals surface area contributed by atoms with Gasteiger partial charge < -0.3 is 20.1 Å². The number of nitrogens with zero attached hydrogens (tertiary/aromatic N) is 2. The molecule has 2 aromatic carbocycles. The quantitative estimate of drug-likeness (QED) is 0.291. The van der Waals surface area contributed by atoms with Crippen LogP contribution in [-0.4, -0.2) is 47.7 Å². The summed E-state index contributed by atoms with van der Waals surface area (Å²) in [6.45, 7) is 2.80. The molecular weight excluding hydrogens is 374 g/mol. The van der Waals surface area contributed by atoms with Crippen LogP contribution in [0.25, 0.3) is 0 Å². The minimum atomic E-state index is -0.394. The fourth-order valence-electron chi connectivity index (χ4n) is 3.64. The van der Waals surface area contributed by atoms with Gasteiger partial charge in [-0.25, -0.2) is 5.06 Å². The molecule has 0 radical (unpaired) electrons. The summed E-state index contributed by atoms with van der Waals surface area (Å²) < 4.78 is 11.0. The van der Waals surface area contributed by atoms with Crippen molar-refractivity contribution in [3.05, 3.63) is 53.1 Å². The Morgan fingerprint density at radius 1 is 1.31 bits per heavy atom. The van der Waals surface area contributed by atoms with Gasteiger partial charge >= 0.3 is 0 Å². The van der Waals surface area contributed by atoms with E-state index in [9.17, 15) is 14.8 Å². The highest BCUT2D eigenvalue weighted by molar-refractivity contribution is 6.03. The van der Waals surface area contributed by atoms with Crippen LogP contribution in [0.5, 0.6) is 11.5 Å². The molecule has 1 atom stereocenters. The molecule has 3 N–H and O–H groups in total. The van der Waals surface area contributed by atoms with E-state index in [1.807, 2.05) is 31.2 Å². The summed E-state index contributed by atoms with van der Waals surface area (Å²) in [5, 5.41) is 10.2. The van der Waals surface area contributed by atoms with E-state index < -0.39 is 6.04 Å². The van der Waals surface area contributed by atoms with Gasteiger partial charge in [0.1, 0.15) is 0 Å². The van der Waals surface area contributed by atoms with Gasteiger partial charge in [-0.15, -0.1) is 0 Å².